The van der Waals surface area contributed by atoms with E-state index in [1.54, 1.807) is 5.56 Å². The average Bonchev–Trinajstić information content (AvgIpc) is 3.76. The van der Waals surface area contributed by atoms with E-state index in [4.69, 9.17) is 14.4 Å². The first kappa shape index (κ1) is 24.8. The fraction of sp³-hybridized carbons (Fsp3) is 0.261. The van der Waals surface area contributed by atoms with E-state index in [1.807, 2.05) is 0 Å². The Bertz CT molecular complexity index is 3030. The second kappa shape index (κ2) is 7.58. The Kier molecular flexibility index (Phi) is 3.77. The molecule has 50 heavy (non-hydrogen) atoms. The topological polar surface area (TPSA) is 43.3 Å². The van der Waals surface area contributed by atoms with Crippen molar-refractivity contribution in [3.63, 3.8) is 0 Å². The fourth-order valence-corrected chi connectivity index (χ4v) is 14.1. The minimum Gasteiger partial charge on any atom is -0.456 e. The van der Waals surface area contributed by atoms with Crippen LogP contribution < -0.4 is 0 Å². The zero-order chi connectivity index (χ0) is 31.8. The lowest BCUT2D eigenvalue weighted by Crippen LogP contribution is -2.56. The van der Waals surface area contributed by atoms with E-state index in [1.165, 1.54) is 127 Å². The normalized spacial score (nSPS) is 29.3. The summed E-state index contributed by atoms with van der Waals surface area (Å²) < 4.78 is 9.41. The smallest absolute Gasteiger partial charge is 0.136 e. The molecule has 0 saturated heterocycles. The standard InChI is InChI=1S/C46H31N3O/c1-3-9-26-24(7-1)35-25-8-2-4-10-27(25)36(26)43-40(35)39-31(19-48-43)49-30-18-47-42-23-16-45-14-22(15-46(17-23,20-45)21-45)34(42)37(30)29-13-33-38(41(39)44(29)49)28-11-5-6-12-32(28)50-33/h1-13,18-19,22-23,35-36H,14-17,20-21H2. The first-order valence-corrected chi connectivity index (χ1v) is 18.7. The molecular weight excluding hydrogens is 611 g/mol. The van der Waals surface area contributed by atoms with Gasteiger partial charge in [0, 0.05) is 49.8 Å². The number of para-hydroxylation sites is 1. The molecule has 0 radical (unpaired) electrons. The third kappa shape index (κ3) is 2.47. The molecular formula is C46H31N3O. The van der Waals surface area contributed by atoms with Gasteiger partial charge in [-0.15, -0.1) is 0 Å². The van der Waals surface area contributed by atoms with Crippen molar-refractivity contribution in [1.82, 2.24) is 14.4 Å². The van der Waals surface area contributed by atoms with Gasteiger partial charge in [0.25, 0.3) is 0 Å². The molecule has 6 bridgehead atoms. The molecule has 0 unspecified atom stereocenters. The van der Waals surface area contributed by atoms with E-state index in [0.29, 0.717) is 22.7 Å². The third-order valence-corrected chi connectivity index (χ3v) is 14.9. The number of furan rings is 1. The van der Waals surface area contributed by atoms with Crippen LogP contribution in [0.1, 0.15) is 107 Å². The van der Waals surface area contributed by atoms with Gasteiger partial charge in [-0.2, -0.15) is 0 Å². The molecule has 0 atom stereocenters. The first-order valence-electron chi connectivity index (χ1n) is 18.7. The SMILES string of the molecule is c1ccc2c(c1)C1c3ccccc3C2c2c1ncc1c2c2c3c(cc4c5c6c(ncc5n1c42)C1CC24CC6CC(C1)(C2)C4)oc1ccccc13. The molecule has 5 aromatic heterocycles. The highest BCUT2D eigenvalue weighted by Gasteiger charge is 2.66. The summed E-state index contributed by atoms with van der Waals surface area (Å²) in [7, 11) is 0. The van der Waals surface area contributed by atoms with Crippen molar-refractivity contribution in [2.75, 3.05) is 0 Å². The van der Waals surface area contributed by atoms with Crippen LogP contribution in [-0.4, -0.2) is 14.4 Å². The fourth-order valence-electron chi connectivity index (χ4n) is 14.1. The lowest BCUT2D eigenvalue weighted by atomic mass is 9.37. The third-order valence-electron chi connectivity index (χ3n) is 14.9. The van der Waals surface area contributed by atoms with Crippen LogP contribution in [0, 0.1) is 10.8 Å². The molecule has 9 aromatic rings. The van der Waals surface area contributed by atoms with Gasteiger partial charge in [0.1, 0.15) is 11.2 Å². The Morgan fingerprint density at radius 3 is 1.92 bits per heavy atom. The van der Waals surface area contributed by atoms with Crippen LogP contribution in [0.4, 0.5) is 0 Å². The van der Waals surface area contributed by atoms with Crippen molar-refractivity contribution in [3.8, 4) is 0 Å². The second-order valence-electron chi connectivity index (χ2n) is 17.3. The van der Waals surface area contributed by atoms with Gasteiger partial charge in [-0.25, -0.2) is 0 Å². The molecule has 236 valence electrons. The zero-order valence-corrected chi connectivity index (χ0v) is 27.5. The van der Waals surface area contributed by atoms with Crippen LogP contribution in [0.5, 0.6) is 0 Å². The molecule has 5 fully saturated rings. The summed E-state index contributed by atoms with van der Waals surface area (Å²) in [5, 5.41) is 7.91. The second-order valence-corrected chi connectivity index (χ2v) is 17.3. The molecule has 5 saturated carbocycles. The zero-order valence-electron chi connectivity index (χ0n) is 27.5. The molecule has 4 heteroatoms. The van der Waals surface area contributed by atoms with Gasteiger partial charge in [0.15, 0.2) is 0 Å². The molecule has 10 aliphatic rings. The highest BCUT2D eigenvalue weighted by Crippen LogP contribution is 2.78. The predicted octanol–water partition coefficient (Wildman–Crippen LogP) is 11.0. The van der Waals surface area contributed by atoms with Crippen LogP contribution in [0.15, 0.2) is 95.7 Å². The molecule has 4 aromatic carbocycles. The van der Waals surface area contributed by atoms with Crippen LogP contribution in [-0.2, 0) is 0 Å². The predicted molar refractivity (Wildman–Crippen MR) is 197 cm³/mol. The molecule has 5 heterocycles. The van der Waals surface area contributed by atoms with Gasteiger partial charge < -0.3 is 8.82 Å². The summed E-state index contributed by atoms with van der Waals surface area (Å²) in [5.74, 6) is 1.48. The van der Waals surface area contributed by atoms with Gasteiger partial charge >= 0.3 is 0 Å². The van der Waals surface area contributed by atoms with Crippen molar-refractivity contribution < 1.29 is 4.42 Å². The van der Waals surface area contributed by atoms with Crippen LogP contribution in [0.25, 0.3) is 60.0 Å². The van der Waals surface area contributed by atoms with Gasteiger partial charge in [0.05, 0.1) is 40.6 Å². The summed E-state index contributed by atoms with van der Waals surface area (Å²) in [6.07, 6.45) is 12.8. The van der Waals surface area contributed by atoms with Crippen LogP contribution >= 0.6 is 0 Å². The van der Waals surface area contributed by atoms with E-state index < -0.39 is 0 Å². The number of benzene rings is 4. The first-order chi connectivity index (χ1) is 24.7. The Labute approximate surface area is 287 Å². The number of hydrogen-bond acceptors (Lipinski definition) is 3. The summed E-state index contributed by atoms with van der Waals surface area (Å²) in [6, 6.07) is 29.3. The average molecular weight is 642 g/mol. The Balaban J connectivity index is 1.16. The molecule has 2 spiro atoms. The Morgan fingerprint density at radius 2 is 1.18 bits per heavy atom. The van der Waals surface area contributed by atoms with Crippen molar-refractivity contribution >= 4 is 60.0 Å². The largest absolute Gasteiger partial charge is 0.456 e. The summed E-state index contributed by atoms with van der Waals surface area (Å²) in [5.41, 5.74) is 18.2. The Hall–Kier alpha value is -5.22. The van der Waals surface area contributed by atoms with Crippen molar-refractivity contribution in [2.45, 2.75) is 62.2 Å². The summed E-state index contributed by atoms with van der Waals surface area (Å²) in [4.78, 5) is 11.0. The van der Waals surface area contributed by atoms with Gasteiger partial charge in [-0.1, -0.05) is 66.7 Å². The number of pyridine rings is 2. The van der Waals surface area contributed by atoms with Gasteiger partial charge in [-0.05, 0) is 101 Å². The molecule has 4 nitrogen and oxygen atoms in total. The minimum atomic E-state index is 0.133. The lowest BCUT2D eigenvalue weighted by Gasteiger charge is -2.67. The maximum Gasteiger partial charge on any atom is 0.136 e. The molecule has 0 amide bonds. The monoisotopic (exact) mass is 641 g/mol. The number of nitrogens with zero attached hydrogens (tertiary/aromatic N) is 3. The number of hydrogen-bond donors (Lipinski definition) is 0. The van der Waals surface area contributed by atoms with Crippen LogP contribution in [0.2, 0.25) is 0 Å². The van der Waals surface area contributed by atoms with E-state index in [-0.39, 0.29) is 11.8 Å². The highest BCUT2D eigenvalue weighted by atomic mass is 16.3. The lowest BCUT2D eigenvalue weighted by molar-refractivity contribution is -0.150. The van der Waals surface area contributed by atoms with E-state index in [2.05, 4.69) is 95.7 Å². The van der Waals surface area contributed by atoms with E-state index in [0.717, 1.165) is 11.2 Å². The van der Waals surface area contributed by atoms with Crippen molar-refractivity contribution in [3.05, 3.63) is 136 Å². The molecule has 10 aliphatic carbocycles. The van der Waals surface area contributed by atoms with Gasteiger partial charge in [0.2, 0.25) is 0 Å². The van der Waals surface area contributed by atoms with Gasteiger partial charge in [-0.3, -0.25) is 9.97 Å². The molecule has 19 rings (SSSR count). The molecule has 0 aliphatic heterocycles. The van der Waals surface area contributed by atoms with E-state index in [9.17, 15) is 0 Å². The maximum atomic E-state index is 6.84. The number of fused-ring (bicyclic) bond motifs is 10. The maximum absolute atomic E-state index is 6.84. The summed E-state index contributed by atoms with van der Waals surface area (Å²) in [6.45, 7) is 0. The number of rotatable bonds is 0. The molecule has 0 N–H and O–H groups in total. The minimum absolute atomic E-state index is 0.133. The number of aromatic nitrogens is 3. The van der Waals surface area contributed by atoms with E-state index >= 15 is 0 Å². The van der Waals surface area contributed by atoms with Crippen molar-refractivity contribution in [2.24, 2.45) is 10.8 Å². The van der Waals surface area contributed by atoms with Crippen molar-refractivity contribution in [1.29, 1.82) is 0 Å². The highest BCUT2D eigenvalue weighted by molar-refractivity contribution is 6.35. The Morgan fingerprint density at radius 1 is 0.560 bits per heavy atom. The van der Waals surface area contributed by atoms with Crippen LogP contribution in [0.3, 0.4) is 0 Å². The quantitative estimate of drug-likeness (QED) is 0.165. The summed E-state index contributed by atoms with van der Waals surface area (Å²) >= 11 is 0.